The number of thioether (sulfide) groups is 1. The van der Waals surface area contributed by atoms with E-state index in [1.54, 1.807) is 12.1 Å². The second kappa shape index (κ2) is 9.90. The lowest BCUT2D eigenvalue weighted by Gasteiger charge is -2.10. The molecule has 0 aliphatic carbocycles. The number of hydrogen-bond acceptors (Lipinski definition) is 5. The van der Waals surface area contributed by atoms with Gasteiger partial charge < -0.3 is 5.32 Å². The first-order chi connectivity index (χ1) is 14.1. The lowest BCUT2D eigenvalue weighted by molar-refractivity contribution is -0.117. The van der Waals surface area contributed by atoms with Crippen molar-refractivity contribution in [1.82, 2.24) is 25.4 Å². The highest BCUT2D eigenvalue weighted by Gasteiger charge is 2.17. The first-order valence-corrected chi connectivity index (χ1v) is 10.0. The second-order valence-electron chi connectivity index (χ2n) is 5.82. The minimum atomic E-state index is -0.570. The van der Waals surface area contributed by atoms with Gasteiger partial charge in [0.2, 0.25) is 5.91 Å². The van der Waals surface area contributed by atoms with Crippen LogP contribution in [0.1, 0.15) is 0 Å². The molecule has 3 aromatic rings. The summed E-state index contributed by atoms with van der Waals surface area (Å²) in [4.78, 5) is 23.7. The highest BCUT2D eigenvalue weighted by molar-refractivity contribution is 7.99. The number of imide groups is 1. The Morgan fingerprint density at radius 2 is 1.83 bits per heavy atom. The summed E-state index contributed by atoms with van der Waals surface area (Å²) in [6, 6.07) is 16.3. The number of nitrogens with zero attached hydrogens (tertiary/aromatic N) is 3. The van der Waals surface area contributed by atoms with Crippen LogP contribution in [0.5, 0.6) is 0 Å². The third-order valence-electron chi connectivity index (χ3n) is 3.74. The first-order valence-electron chi connectivity index (χ1n) is 8.66. The Kier molecular flexibility index (Phi) is 7.04. The minimum absolute atomic E-state index is 0.00201. The number of aromatic nitrogens is 3. The molecule has 148 valence electrons. The number of carbonyl (C=O) groups excluding carboxylic acids is 2. The van der Waals surface area contributed by atoms with Gasteiger partial charge in [-0.25, -0.2) is 4.79 Å². The number of amides is 3. The molecule has 0 saturated carbocycles. The molecule has 2 aromatic carbocycles. The standard InChI is InChI=1S/C20H18ClN5O2S/c1-2-12-22-19(28)23-17(27)13-29-20-25-24-18(14-6-4-3-5-7-14)26(20)16-10-8-15(21)9-11-16/h2-11H,1,12-13H2,(H2,22,23,27,28). The zero-order valence-electron chi connectivity index (χ0n) is 15.3. The summed E-state index contributed by atoms with van der Waals surface area (Å²) in [5, 5.41) is 14.4. The van der Waals surface area contributed by atoms with Gasteiger partial charge in [-0.05, 0) is 24.3 Å². The van der Waals surface area contributed by atoms with Gasteiger partial charge in [0.05, 0.1) is 5.75 Å². The summed E-state index contributed by atoms with van der Waals surface area (Å²) in [5.74, 6) is 0.199. The fraction of sp³-hybridized carbons (Fsp3) is 0.100. The monoisotopic (exact) mass is 427 g/mol. The molecule has 0 unspecified atom stereocenters. The predicted octanol–water partition coefficient (Wildman–Crippen LogP) is 3.69. The van der Waals surface area contributed by atoms with Crippen molar-refractivity contribution in [2.75, 3.05) is 12.3 Å². The van der Waals surface area contributed by atoms with Gasteiger partial charge in [-0.1, -0.05) is 59.8 Å². The Morgan fingerprint density at radius 3 is 2.52 bits per heavy atom. The normalized spacial score (nSPS) is 10.4. The number of benzene rings is 2. The topological polar surface area (TPSA) is 88.9 Å². The van der Waals surface area contributed by atoms with Gasteiger partial charge >= 0.3 is 6.03 Å². The number of nitrogens with one attached hydrogen (secondary N) is 2. The molecule has 29 heavy (non-hydrogen) atoms. The second-order valence-corrected chi connectivity index (χ2v) is 7.20. The fourth-order valence-electron chi connectivity index (χ4n) is 2.46. The zero-order chi connectivity index (χ0) is 20.6. The molecule has 0 aliphatic rings. The van der Waals surface area contributed by atoms with Crippen LogP contribution < -0.4 is 10.6 Å². The van der Waals surface area contributed by atoms with Crippen LogP contribution in [0.15, 0.2) is 72.4 Å². The number of urea groups is 1. The van der Waals surface area contributed by atoms with Crippen LogP contribution in [-0.4, -0.2) is 39.0 Å². The van der Waals surface area contributed by atoms with Crippen LogP contribution in [0.3, 0.4) is 0 Å². The molecule has 7 nitrogen and oxygen atoms in total. The Morgan fingerprint density at radius 1 is 1.10 bits per heavy atom. The van der Waals surface area contributed by atoms with Crippen LogP contribution in [0.4, 0.5) is 4.79 Å². The molecule has 0 aliphatic heterocycles. The Bertz CT molecular complexity index is 1010. The van der Waals surface area contributed by atoms with E-state index >= 15 is 0 Å². The van der Waals surface area contributed by atoms with Crippen LogP contribution in [0.25, 0.3) is 17.1 Å². The third-order valence-corrected chi connectivity index (χ3v) is 4.92. The molecule has 0 fully saturated rings. The van der Waals surface area contributed by atoms with E-state index in [9.17, 15) is 9.59 Å². The minimum Gasteiger partial charge on any atom is -0.334 e. The van der Waals surface area contributed by atoms with E-state index in [0.29, 0.717) is 16.0 Å². The molecule has 3 amide bonds. The molecule has 3 rings (SSSR count). The van der Waals surface area contributed by atoms with Crippen LogP contribution in [0, 0.1) is 0 Å². The van der Waals surface area contributed by atoms with Gasteiger partial charge in [-0.3, -0.25) is 14.7 Å². The smallest absolute Gasteiger partial charge is 0.321 e. The molecule has 0 spiro atoms. The molecule has 0 saturated heterocycles. The van der Waals surface area contributed by atoms with Crippen molar-refractivity contribution in [3.8, 4) is 17.1 Å². The molecule has 1 aromatic heterocycles. The summed E-state index contributed by atoms with van der Waals surface area (Å²) < 4.78 is 1.85. The lowest BCUT2D eigenvalue weighted by atomic mass is 10.2. The quantitative estimate of drug-likeness (QED) is 0.443. The van der Waals surface area contributed by atoms with E-state index in [1.165, 1.54) is 17.8 Å². The molecule has 1 heterocycles. The first kappa shape index (κ1) is 20.6. The van der Waals surface area contributed by atoms with Gasteiger partial charge in [-0.2, -0.15) is 0 Å². The van der Waals surface area contributed by atoms with Gasteiger partial charge in [0.1, 0.15) is 0 Å². The predicted molar refractivity (Wildman–Crippen MR) is 114 cm³/mol. The highest BCUT2D eigenvalue weighted by atomic mass is 35.5. The molecule has 0 bridgehead atoms. The molecule has 0 atom stereocenters. The maximum Gasteiger partial charge on any atom is 0.321 e. The van der Waals surface area contributed by atoms with Gasteiger partial charge in [0.25, 0.3) is 0 Å². The van der Waals surface area contributed by atoms with Crippen molar-refractivity contribution in [2.24, 2.45) is 0 Å². The third kappa shape index (κ3) is 5.46. The summed E-state index contributed by atoms with van der Waals surface area (Å²) >= 11 is 7.19. The largest absolute Gasteiger partial charge is 0.334 e. The van der Waals surface area contributed by atoms with E-state index in [4.69, 9.17) is 11.6 Å². The molecular weight excluding hydrogens is 410 g/mol. The van der Waals surface area contributed by atoms with Gasteiger partial charge in [-0.15, -0.1) is 16.8 Å². The number of rotatable bonds is 7. The van der Waals surface area contributed by atoms with Crippen molar-refractivity contribution in [1.29, 1.82) is 0 Å². The number of halogens is 1. The zero-order valence-corrected chi connectivity index (χ0v) is 16.9. The summed E-state index contributed by atoms with van der Waals surface area (Å²) in [7, 11) is 0. The van der Waals surface area contributed by atoms with Crippen molar-refractivity contribution < 1.29 is 9.59 Å². The van der Waals surface area contributed by atoms with E-state index in [0.717, 1.165) is 11.3 Å². The van der Waals surface area contributed by atoms with Crippen LogP contribution >= 0.6 is 23.4 Å². The Labute approximate surface area is 177 Å². The maximum atomic E-state index is 12.1. The van der Waals surface area contributed by atoms with Crippen LogP contribution in [0.2, 0.25) is 5.02 Å². The SMILES string of the molecule is C=CCNC(=O)NC(=O)CSc1nnc(-c2ccccc2)n1-c1ccc(Cl)cc1. The van der Waals surface area contributed by atoms with Crippen molar-refractivity contribution in [2.45, 2.75) is 5.16 Å². The number of carbonyl (C=O) groups is 2. The average Bonchev–Trinajstić information content (AvgIpc) is 3.16. The van der Waals surface area contributed by atoms with Gasteiger partial charge in [0.15, 0.2) is 11.0 Å². The van der Waals surface area contributed by atoms with Crippen molar-refractivity contribution in [3.05, 3.63) is 72.3 Å². The summed E-state index contributed by atoms with van der Waals surface area (Å²) in [5.41, 5.74) is 1.69. The van der Waals surface area contributed by atoms with Crippen molar-refractivity contribution >= 4 is 35.3 Å². The molecule has 9 heteroatoms. The molecule has 0 radical (unpaired) electrons. The summed E-state index contributed by atoms with van der Waals surface area (Å²) in [6.07, 6.45) is 1.53. The molecular formula is C20H18ClN5O2S. The van der Waals surface area contributed by atoms with Crippen LogP contribution in [-0.2, 0) is 4.79 Å². The highest BCUT2D eigenvalue weighted by Crippen LogP contribution is 2.28. The Hall–Kier alpha value is -3.10. The summed E-state index contributed by atoms with van der Waals surface area (Å²) in [6.45, 7) is 3.78. The average molecular weight is 428 g/mol. The fourth-order valence-corrected chi connectivity index (χ4v) is 3.34. The van der Waals surface area contributed by atoms with Gasteiger partial charge in [0, 0.05) is 22.8 Å². The molecule has 2 N–H and O–H groups in total. The van der Waals surface area contributed by atoms with Crippen molar-refractivity contribution in [3.63, 3.8) is 0 Å². The Balaban J connectivity index is 1.82. The maximum absolute atomic E-state index is 12.1. The number of hydrogen-bond donors (Lipinski definition) is 2. The van der Waals surface area contributed by atoms with E-state index < -0.39 is 11.9 Å². The van der Waals surface area contributed by atoms with E-state index in [2.05, 4.69) is 27.4 Å². The van der Waals surface area contributed by atoms with E-state index in [-0.39, 0.29) is 12.3 Å². The van der Waals surface area contributed by atoms with E-state index in [1.807, 2.05) is 47.0 Å². The lowest BCUT2D eigenvalue weighted by Crippen LogP contribution is -2.40.